The number of hydrogen-bond donors (Lipinski definition) is 2. The van der Waals surface area contributed by atoms with Crippen LogP contribution in [0.5, 0.6) is 0 Å². The smallest absolute Gasteiger partial charge is 0.191 e. The van der Waals surface area contributed by atoms with Gasteiger partial charge in [0.1, 0.15) is 5.82 Å². The summed E-state index contributed by atoms with van der Waals surface area (Å²) in [6, 6.07) is 4.15. The third-order valence-corrected chi connectivity index (χ3v) is 4.16. The molecule has 1 aromatic heterocycles. The zero-order chi connectivity index (χ0) is 16.5. The standard InChI is InChI=1S/C17H30N6.HI/c1-4-5-8-20-17(18-2)21-14-15-7-6-9-19-16(15)23-12-10-22(3)11-13-23;/h6-7,9H,4-5,8,10-14H2,1-3H3,(H2,18,20,21);1H. The van der Waals surface area contributed by atoms with Gasteiger partial charge in [0.15, 0.2) is 5.96 Å². The Labute approximate surface area is 163 Å². The molecular formula is C17H31IN6. The number of aliphatic imine (C=N–C) groups is 1. The van der Waals surface area contributed by atoms with Crippen LogP contribution in [0.2, 0.25) is 0 Å². The number of likely N-dealkylation sites (N-methyl/N-ethyl adjacent to an activating group) is 1. The number of hydrogen-bond acceptors (Lipinski definition) is 4. The highest BCUT2D eigenvalue weighted by Gasteiger charge is 2.17. The SMILES string of the molecule is CCCCNC(=NC)NCc1cccnc1N1CCN(C)CC1.I. The third kappa shape index (κ3) is 6.43. The molecular weight excluding hydrogens is 415 g/mol. The maximum Gasteiger partial charge on any atom is 0.191 e. The predicted molar refractivity (Wildman–Crippen MR) is 112 cm³/mol. The lowest BCUT2D eigenvalue weighted by molar-refractivity contribution is 0.312. The molecule has 0 unspecified atom stereocenters. The molecule has 0 bridgehead atoms. The normalized spacial score (nSPS) is 15.8. The zero-order valence-electron chi connectivity index (χ0n) is 15.1. The Morgan fingerprint density at radius 2 is 2.00 bits per heavy atom. The van der Waals surface area contributed by atoms with E-state index in [0.717, 1.165) is 57.5 Å². The Kier molecular flexibility index (Phi) is 10.0. The monoisotopic (exact) mass is 446 g/mol. The number of nitrogens with one attached hydrogen (secondary N) is 2. The first kappa shape index (κ1) is 21.0. The lowest BCUT2D eigenvalue weighted by Crippen LogP contribution is -2.45. The first-order chi connectivity index (χ1) is 11.2. The Morgan fingerprint density at radius 1 is 1.25 bits per heavy atom. The fourth-order valence-electron chi connectivity index (χ4n) is 2.65. The summed E-state index contributed by atoms with van der Waals surface area (Å²) in [7, 11) is 3.98. The summed E-state index contributed by atoms with van der Waals surface area (Å²) in [6.07, 6.45) is 4.21. The van der Waals surface area contributed by atoms with Crippen molar-refractivity contribution in [1.29, 1.82) is 0 Å². The number of unbranched alkanes of at least 4 members (excludes halogenated alkanes) is 1. The minimum Gasteiger partial charge on any atom is -0.356 e. The number of aromatic nitrogens is 1. The van der Waals surface area contributed by atoms with Gasteiger partial charge in [0, 0.05) is 58.1 Å². The molecule has 24 heavy (non-hydrogen) atoms. The van der Waals surface area contributed by atoms with E-state index in [4.69, 9.17) is 0 Å². The fourth-order valence-corrected chi connectivity index (χ4v) is 2.65. The molecule has 1 fully saturated rings. The van der Waals surface area contributed by atoms with Gasteiger partial charge in [-0.3, -0.25) is 4.99 Å². The molecule has 2 N–H and O–H groups in total. The van der Waals surface area contributed by atoms with E-state index in [1.165, 1.54) is 12.0 Å². The molecule has 136 valence electrons. The summed E-state index contributed by atoms with van der Waals surface area (Å²) < 4.78 is 0. The molecule has 0 aliphatic carbocycles. The molecule has 7 heteroatoms. The van der Waals surface area contributed by atoms with Gasteiger partial charge < -0.3 is 20.4 Å². The van der Waals surface area contributed by atoms with Crippen molar-refractivity contribution in [2.45, 2.75) is 26.3 Å². The van der Waals surface area contributed by atoms with E-state index < -0.39 is 0 Å². The number of piperazine rings is 1. The van der Waals surface area contributed by atoms with Gasteiger partial charge in [-0.15, -0.1) is 24.0 Å². The summed E-state index contributed by atoms with van der Waals surface area (Å²) in [6.45, 7) is 8.12. The molecule has 0 amide bonds. The lowest BCUT2D eigenvalue weighted by atomic mass is 10.2. The van der Waals surface area contributed by atoms with E-state index >= 15 is 0 Å². The van der Waals surface area contributed by atoms with E-state index in [-0.39, 0.29) is 24.0 Å². The number of rotatable bonds is 6. The van der Waals surface area contributed by atoms with Gasteiger partial charge >= 0.3 is 0 Å². The molecule has 0 saturated carbocycles. The highest BCUT2D eigenvalue weighted by Crippen LogP contribution is 2.18. The quantitative estimate of drug-likeness (QED) is 0.303. The van der Waals surface area contributed by atoms with Crippen LogP contribution in [0.3, 0.4) is 0 Å². The summed E-state index contributed by atoms with van der Waals surface area (Å²) in [5.74, 6) is 1.95. The topological polar surface area (TPSA) is 55.8 Å². The molecule has 6 nitrogen and oxygen atoms in total. The predicted octanol–water partition coefficient (Wildman–Crippen LogP) is 1.92. The van der Waals surface area contributed by atoms with Crippen LogP contribution in [0.15, 0.2) is 23.3 Å². The van der Waals surface area contributed by atoms with Crippen molar-refractivity contribution in [2.75, 3.05) is 51.7 Å². The highest BCUT2D eigenvalue weighted by molar-refractivity contribution is 14.0. The number of guanidine groups is 1. The molecule has 2 heterocycles. The van der Waals surface area contributed by atoms with Crippen molar-refractivity contribution in [3.63, 3.8) is 0 Å². The average molecular weight is 446 g/mol. The molecule has 0 spiro atoms. The molecule has 0 aromatic carbocycles. The summed E-state index contributed by atoms with van der Waals surface area (Å²) in [5.41, 5.74) is 1.22. The Balaban J connectivity index is 0.00000288. The van der Waals surface area contributed by atoms with Crippen LogP contribution >= 0.6 is 24.0 Å². The Bertz CT molecular complexity index is 500. The van der Waals surface area contributed by atoms with E-state index in [0.29, 0.717) is 0 Å². The van der Waals surface area contributed by atoms with Crippen LogP contribution in [0.4, 0.5) is 5.82 Å². The maximum atomic E-state index is 4.61. The molecule has 0 radical (unpaired) electrons. The molecule has 1 aliphatic heterocycles. The van der Waals surface area contributed by atoms with Gasteiger partial charge in [-0.05, 0) is 19.5 Å². The summed E-state index contributed by atoms with van der Waals surface area (Å²) in [5, 5.41) is 6.74. The second-order valence-corrected chi connectivity index (χ2v) is 5.98. The summed E-state index contributed by atoms with van der Waals surface area (Å²) >= 11 is 0. The van der Waals surface area contributed by atoms with Crippen LogP contribution in [-0.2, 0) is 6.54 Å². The van der Waals surface area contributed by atoms with Crippen molar-refractivity contribution in [2.24, 2.45) is 4.99 Å². The second kappa shape index (κ2) is 11.5. The molecule has 2 rings (SSSR count). The highest BCUT2D eigenvalue weighted by atomic mass is 127. The van der Waals surface area contributed by atoms with E-state index in [1.807, 2.05) is 19.3 Å². The molecule has 0 atom stereocenters. The van der Waals surface area contributed by atoms with Gasteiger partial charge in [0.05, 0.1) is 0 Å². The van der Waals surface area contributed by atoms with Crippen LogP contribution in [0.1, 0.15) is 25.3 Å². The number of nitrogens with zero attached hydrogens (tertiary/aromatic N) is 4. The lowest BCUT2D eigenvalue weighted by Gasteiger charge is -2.34. The zero-order valence-corrected chi connectivity index (χ0v) is 17.4. The van der Waals surface area contributed by atoms with Gasteiger partial charge in [0.25, 0.3) is 0 Å². The van der Waals surface area contributed by atoms with Gasteiger partial charge in [0.2, 0.25) is 0 Å². The van der Waals surface area contributed by atoms with Crippen LogP contribution in [0.25, 0.3) is 0 Å². The van der Waals surface area contributed by atoms with E-state index in [2.05, 4.69) is 50.4 Å². The van der Waals surface area contributed by atoms with Crippen LogP contribution < -0.4 is 15.5 Å². The number of anilines is 1. The largest absolute Gasteiger partial charge is 0.356 e. The molecule has 1 aromatic rings. The fraction of sp³-hybridized carbons (Fsp3) is 0.647. The minimum atomic E-state index is 0. The maximum absolute atomic E-state index is 4.61. The van der Waals surface area contributed by atoms with Gasteiger partial charge in [-0.2, -0.15) is 0 Å². The van der Waals surface area contributed by atoms with E-state index in [1.54, 1.807) is 0 Å². The Morgan fingerprint density at radius 3 is 2.67 bits per heavy atom. The van der Waals surface area contributed by atoms with Crippen molar-refractivity contribution >= 4 is 35.8 Å². The molecule has 1 aliphatic rings. The second-order valence-electron chi connectivity index (χ2n) is 5.98. The van der Waals surface area contributed by atoms with Gasteiger partial charge in [-0.25, -0.2) is 4.98 Å². The van der Waals surface area contributed by atoms with Gasteiger partial charge in [-0.1, -0.05) is 19.4 Å². The van der Waals surface area contributed by atoms with Crippen molar-refractivity contribution < 1.29 is 0 Å². The Hall–Kier alpha value is -1.09. The van der Waals surface area contributed by atoms with Crippen molar-refractivity contribution in [1.82, 2.24) is 20.5 Å². The summed E-state index contributed by atoms with van der Waals surface area (Å²) in [4.78, 5) is 13.6. The minimum absolute atomic E-state index is 0. The number of halogens is 1. The van der Waals surface area contributed by atoms with Crippen molar-refractivity contribution in [3.05, 3.63) is 23.9 Å². The first-order valence-electron chi connectivity index (χ1n) is 8.56. The average Bonchev–Trinajstić information content (AvgIpc) is 2.59. The molecule has 1 saturated heterocycles. The van der Waals surface area contributed by atoms with Crippen LogP contribution in [-0.4, -0.2) is 62.7 Å². The van der Waals surface area contributed by atoms with E-state index in [9.17, 15) is 0 Å². The number of pyridine rings is 1. The van der Waals surface area contributed by atoms with Crippen molar-refractivity contribution in [3.8, 4) is 0 Å². The first-order valence-corrected chi connectivity index (χ1v) is 8.56. The van der Waals surface area contributed by atoms with Crippen LogP contribution in [0, 0.1) is 0 Å². The third-order valence-electron chi connectivity index (χ3n) is 4.16.